The zero-order valence-electron chi connectivity index (χ0n) is 17.3. The van der Waals surface area contributed by atoms with Crippen LogP contribution in [0.5, 0.6) is 5.75 Å². The van der Waals surface area contributed by atoms with Crippen LogP contribution in [0.15, 0.2) is 35.2 Å². The molecule has 3 aromatic rings. The maximum atomic E-state index is 14.0. The Hall–Kier alpha value is -2.83. The molecule has 3 rings (SSSR count). The molecule has 0 bridgehead atoms. The average Bonchev–Trinajstić information content (AvgIpc) is 3.15. The fourth-order valence-corrected chi connectivity index (χ4v) is 5.15. The van der Waals surface area contributed by atoms with Crippen molar-refractivity contribution in [3.8, 4) is 16.9 Å². The highest BCUT2D eigenvalue weighted by Crippen LogP contribution is 2.43. The fourth-order valence-electron chi connectivity index (χ4n) is 3.30. The Labute approximate surface area is 192 Å². The smallest absolute Gasteiger partial charge is 0.417 e. The topological polar surface area (TPSA) is 131 Å². The van der Waals surface area contributed by atoms with Gasteiger partial charge in [0, 0.05) is 23.6 Å². The molecule has 2 aromatic carbocycles. The van der Waals surface area contributed by atoms with E-state index in [1.807, 2.05) is 0 Å². The molecule has 0 amide bonds. The number of methoxy groups -OCH3 is 1. The van der Waals surface area contributed by atoms with Crippen molar-refractivity contribution in [2.75, 3.05) is 25.2 Å². The third-order valence-corrected chi connectivity index (χ3v) is 6.85. The van der Waals surface area contributed by atoms with Gasteiger partial charge in [0.25, 0.3) is 0 Å². The van der Waals surface area contributed by atoms with Gasteiger partial charge in [-0.15, -0.1) is 5.10 Å². The summed E-state index contributed by atoms with van der Waals surface area (Å²) in [5.74, 6) is -0.216. The van der Waals surface area contributed by atoms with E-state index in [1.54, 1.807) is 0 Å². The fraction of sp³-hybridized carbons (Fsp3) is 0.300. The van der Waals surface area contributed by atoms with E-state index >= 15 is 0 Å². The number of hydrogen-bond acceptors (Lipinski definition) is 7. The number of ether oxygens (including phenoxy) is 1. The number of halogens is 4. The summed E-state index contributed by atoms with van der Waals surface area (Å²) in [6.45, 7) is -0.358. The maximum absolute atomic E-state index is 14.0. The highest BCUT2D eigenvalue weighted by atomic mass is 35.5. The Balaban J connectivity index is 2.16. The molecule has 0 aliphatic heterocycles. The molecule has 0 aliphatic carbocycles. The first kappa shape index (κ1) is 24.8. The summed E-state index contributed by atoms with van der Waals surface area (Å²) in [4.78, 5) is 3.59. The molecule has 0 unspecified atom stereocenters. The van der Waals surface area contributed by atoms with Gasteiger partial charge < -0.3 is 15.6 Å². The number of aromatic amines is 1. The molecule has 13 heteroatoms. The van der Waals surface area contributed by atoms with Crippen LogP contribution >= 0.6 is 11.6 Å². The molecule has 8 nitrogen and oxygen atoms in total. The van der Waals surface area contributed by atoms with E-state index in [9.17, 15) is 21.6 Å². The summed E-state index contributed by atoms with van der Waals surface area (Å²) in [6.07, 6.45) is -4.85. The van der Waals surface area contributed by atoms with Crippen LogP contribution in [0, 0.1) is 0 Å². The number of nitrogens with one attached hydrogen (secondary N) is 1. The Kier molecular flexibility index (Phi) is 7.20. The summed E-state index contributed by atoms with van der Waals surface area (Å²) < 4.78 is 72.5. The largest absolute Gasteiger partial charge is 0.495 e. The molecular weight excluding hydrogens is 485 g/mol. The third kappa shape index (κ3) is 5.57. The lowest BCUT2D eigenvalue weighted by molar-refractivity contribution is -0.137. The Bertz CT molecular complexity index is 1260. The van der Waals surface area contributed by atoms with Crippen LogP contribution in [0.2, 0.25) is 5.02 Å². The third-order valence-electron chi connectivity index (χ3n) is 4.73. The van der Waals surface area contributed by atoms with Crippen molar-refractivity contribution in [2.24, 2.45) is 0 Å². The molecule has 33 heavy (non-hydrogen) atoms. The van der Waals surface area contributed by atoms with Gasteiger partial charge in [-0.1, -0.05) is 17.7 Å². The van der Waals surface area contributed by atoms with Gasteiger partial charge in [-0.3, -0.25) is 5.10 Å². The number of H-pyrrole nitrogens is 1. The first-order valence-corrected chi connectivity index (χ1v) is 11.6. The molecule has 0 saturated carbocycles. The van der Waals surface area contributed by atoms with Crippen LogP contribution < -0.4 is 10.5 Å². The van der Waals surface area contributed by atoms with Crippen molar-refractivity contribution < 1.29 is 31.4 Å². The first-order valence-electron chi connectivity index (χ1n) is 9.54. The number of rotatable bonds is 8. The molecule has 0 radical (unpaired) electrons. The van der Waals surface area contributed by atoms with Gasteiger partial charge in [0.2, 0.25) is 5.95 Å². The molecule has 0 fully saturated rings. The molecule has 1 aromatic heterocycles. The van der Waals surface area contributed by atoms with Crippen LogP contribution in [0.3, 0.4) is 0 Å². The number of sulfone groups is 1. The van der Waals surface area contributed by atoms with Gasteiger partial charge in [-0.25, -0.2) is 8.42 Å². The highest BCUT2D eigenvalue weighted by molar-refractivity contribution is 7.91. The number of alkyl halides is 3. The number of aliphatic hydroxyl groups excluding tert-OH is 1. The second kappa shape index (κ2) is 9.57. The Morgan fingerprint density at radius 2 is 1.97 bits per heavy atom. The Morgan fingerprint density at radius 1 is 1.24 bits per heavy atom. The quantitative estimate of drug-likeness (QED) is 0.428. The number of benzene rings is 2. The van der Waals surface area contributed by atoms with Gasteiger partial charge in [0.1, 0.15) is 16.5 Å². The lowest BCUT2D eigenvalue weighted by atomic mass is 9.95. The number of nitrogens with two attached hydrogens (primary N) is 1. The number of anilines is 1. The predicted octanol–water partition coefficient (Wildman–Crippen LogP) is 3.48. The average molecular weight is 505 g/mol. The molecule has 0 atom stereocenters. The normalized spacial score (nSPS) is 12.2. The minimum absolute atomic E-state index is 0.0269. The number of aromatic nitrogens is 3. The van der Waals surface area contributed by atoms with E-state index in [0.29, 0.717) is 0 Å². The van der Waals surface area contributed by atoms with E-state index in [2.05, 4.69) is 15.2 Å². The summed E-state index contributed by atoms with van der Waals surface area (Å²) in [5.41, 5.74) is 4.18. The van der Waals surface area contributed by atoms with Gasteiger partial charge in [-0.05, 0) is 41.8 Å². The second-order valence-electron chi connectivity index (χ2n) is 7.08. The SMILES string of the molecule is COc1ccc(-c2c(Cl)cc(Cc3nc(N)n[nH]3)cc2C(F)(F)F)cc1S(=O)(=O)CCCO. The zero-order valence-corrected chi connectivity index (χ0v) is 18.9. The molecule has 0 aliphatic rings. The minimum Gasteiger partial charge on any atom is -0.495 e. The van der Waals surface area contributed by atoms with Crippen LogP contribution in [-0.4, -0.2) is 48.2 Å². The van der Waals surface area contributed by atoms with Crippen LogP contribution in [-0.2, 0) is 22.4 Å². The van der Waals surface area contributed by atoms with Crippen LogP contribution in [0.25, 0.3) is 11.1 Å². The summed E-state index contributed by atoms with van der Waals surface area (Å²) in [6, 6.07) is 5.93. The second-order valence-corrected chi connectivity index (χ2v) is 9.56. The van der Waals surface area contributed by atoms with E-state index in [1.165, 1.54) is 25.3 Å². The van der Waals surface area contributed by atoms with E-state index in [0.717, 1.165) is 12.1 Å². The number of hydrogen-bond donors (Lipinski definition) is 3. The number of nitrogens with zero attached hydrogens (tertiary/aromatic N) is 2. The lowest BCUT2D eigenvalue weighted by Gasteiger charge is -2.18. The van der Waals surface area contributed by atoms with Gasteiger partial charge in [0.05, 0.1) is 18.4 Å². The van der Waals surface area contributed by atoms with Gasteiger partial charge >= 0.3 is 6.18 Å². The molecule has 1 heterocycles. The monoisotopic (exact) mass is 504 g/mol. The van der Waals surface area contributed by atoms with E-state index in [-0.39, 0.29) is 63.6 Å². The van der Waals surface area contributed by atoms with Crippen molar-refractivity contribution in [1.82, 2.24) is 15.2 Å². The van der Waals surface area contributed by atoms with Crippen molar-refractivity contribution in [2.45, 2.75) is 23.9 Å². The molecule has 0 saturated heterocycles. The summed E-state index contributed by atoms with van der Waals surface area (Å²) in [7, 11) is -2.69. The summed E-state index contributed by atoms with van der Waals surface area (Å²) >= 11 is 6.29. The van der Waals surface area contributed by atoms with Crippen molar-refractivity contribution in [3.05, 3.63) is 52.3 Å². The van der Waals surface area contributed by atoms with E-state index in [4.69, 9.17) is 27.2 Å². The van der Waals surface area contributed by atoms with Crippen LogP contribution in [0.4, 0.5) is 19.1 Å². The first-order chi connectivity index (χ1) is 15.5. The standard InChI is InChI=1S/C20H20ClF3N4O4S/c1-32-15-4-3-12(10-16(15)33(30,31)6-2-5-29)18-13(20(22,23)24)7-11(8-14(18)21)9-17-26-19(25)28-27-17/h3-4,7-8,10,29H,2,5-6,9H2,1H3,(H3,25,26,27,28). The van der Waals surface area contributed by atoms with E-state index < -0.39 is 27.3 Å². The van der Waals surface area contributed by atoms with Crippen molar-refractivity contribution >= 4 is 27.4 Å². The van der Waals surface area contributed by atoms with Gasteiger partial charge in [-0.2, -0.15) is 18.2 Å². The highest BCUT2D eigenvalue weighted by Gasteiger charge is 2.36. The number of aliphatic hydroxyl groups is 1. The molecule has 178 valence electrons. The Morgan fingerprint density at radius 3 is 2.55 bits per heavy atom. The molecular formula is C20H20ClF3N4O4S. The zero-order chi connectivity index (χ0) is 24.4. The van der Waals surface area contributed by atoms with Crippen molar-refractivity contribution in [3.63, 3.8) is 0 Å². The molecule has 4 N–H and O–H groups in total. The minimum atomic E-state index is -4.79. The predicted molar refractivity (Wildman–Crippen MR) is 116 cm³/mol. The maximum Gasteiger partial charge on any atom is 0.417 e. The lowest BCUT2D eigenvalue weighted by Crippen LogP contribution is -2.11. The summed E-state index contributed by atoms with van der Waals surface area (Å²) in [5, 5.41) is 14.9. The van der Waals surface area contributed by atoms with Gasteiger partial charge in [0.15, 0.2) is 9.84 Å². The molecule has 0 spiro atoms. The van der Waals surface area contributed by atoms with Crippen LogP contribution in [0.1, 0.15) is 23.4 Å². The van der Waals surface area contributed by atoms with Crippen molar-refractivity contribution in [1.29, 1.82) is 0 Å². The number of nitrogen functional groups attached to an aromatic ring is 1.